The van der Waals surface area contributed by atoms with E-state index in [9.17, 15) is 4.79 Å². The second-order valence-corrected chi connectivity index (χ2v) is 4.28. The molecule has 0 radical (unpaired) electrons. The molecule has 1 rings (SSSR count). The number of esters is 1. The van der Waals surface area contributed by atoms with E-state index in [1.807, 2.05) is 0 Å². The molecular formula is C13H19NO3. The highest BCUT2D eigenvalue weighted by Crippen LogP contribution is 2.23. The smallest absolute Gasteiger partial charge is 0.341 e. The third-order valence-electron chi connectivity index (χ3n) is 2.36. The second-order valence-electron chi connectivity index (χ2n) is 4.28. The fraction of sp³-hybridized carbons (Fsp3) is 0.462. The van der Waals surface area contributed by atoms with Crippen LogP contribution >= 0.6 is 0 Å². The van der Waals surface area contributed by atoms with Gasteiger partial charge in [-0.1, -0.05) is 13.8 Å². The molecule has 0 amide bonds. The number of hydrogen-bond acceptors (Lipinski definition) is 4. The molecule has 0 saturated heterocycles. The van der Waals surface area contributed by atoms with Crippen LogP contribution in [0.5, 0.6) is 5.75 Å². The van der Waals surface area contributed by atoms with Gasteiger partial charge in [-0.05, 0) is 24.5 Å². The van der Waals surface area contributed by atoms with E-state index in [0.717, 1.165) is 6.42 Å². The highest BCUT2D eigenvalue weighted by Gasteiger charge is 2.13. The zero-order valence-electron chi connectivity index (χ0n) is 10.5. The topological polar surface area (TPSA) is 61.5 Å². The molecule has 0 aliphatic carbocycles. The summed E-state index contributed by atoms with van der Waals surface area (Å²) in [6.07, 6.45) is 0.926. The van der Waals surface area contributed by atoms with Crippen molar-refractivity contribution in [2.45, 2.75) is 20.3 Å². The van der Waals surface area contributed by atoms with Crippen LogP contribution in [0.3, 0.4) is 0 Å². The molecule has 4 nitrogen and oxygen atoms in total. The van der Waals surface area contributed by atoms with Crippen LogP contribution < -0.4 is 10.5 Å². The molecular weight excluding hydrogens is 218 g/mol. The molecule has 0 bridgehead atoms. The molecule has 1 aromatic rings. The molecule has 4 heteroatoms. The molecule has 0 aliphatic heterocycles. The maximum atomic E-state index is 11.5. The van der Waals surface area contributed by atoms with E-state index in [2.05, 4.69) is 18.6 Å². The average Bonchev–Trinajstić information content (AvgIpc) is 2.28. The molecule has 1 aromatic carbocycles. The van der Waals surface area contributed by atoms with Crippen molar-refractivity contribution in [3.05, 3.63) is 23.8 Å². The summed E-state index contributed by atoms with van der Waals surface area (Å²) in [5.74, 6) is 0.625. The van der Waals surface area contributed by atoms with Gasteiger partial charge in [0.05, 0.1) is 13.7 Å². The lowest BCUT2D eigenvalue weighted by Crippen LogP contribution is -2.08. The monoisotopic (exact) mass is 237 g/mol. The lowest BCUT2D eigenvalue weighted by molar-refractivity contribution is 0.0596. The van der Waals surface area contributed by atoms with Crippen LogP contribution in [0.1, 0.15) is 30.6 Å². The van der Waals surface area contributed by atoms with Crippen molar-refractivity contribution in [3.8, 4) is 5.75 Å². The summed E-state index contributed by atoms with van der Waals surface area (Å²) in [5.41, 5.74) is 6.64. The van der Waals surface area contributed by atoms with Gasteiger partial charge in [0.25, 0.3) is 0 Å². The minimum absolute atomic E-state index is 0.408. The Morgan fingerprint density at radius 3 is 2.71 bits per heavy atom. The molecule has 0 heterocycles. The van der Waals surface area contributed by atoms with Crippen molar-refractivity contribution >= 4 is 11.7 Å². The van der Waals surface area contributed by atoms with E-state index < -0.39 is 5.97 Å². The number of rotatable bonds is 5. The highest BCUT2D eigenvalue weighted by molar-refractivity contribution is 5.93. The van der Waals surface area contributed by atoms with Crippen molar-refractivity contribution in [1.82, 2.24) is 0 Å². The van der Waals surface area contributed by atoms with Gasteiger partial charge in [-0.2, -0.15) is 0 Å². The Morgan fingerprint density at radius 2 is 2.12 bits per heavy atom. The summed E-state index contributed by atoms with van der Waals surface area (Å²) in [4.78, 5) is 11.5. The minimum Gasteiger partial charge on any atom is -0.493 e. The van der Waals surface area contributed by atoms with E-state index in [1.54, 1.807) is 18.2 Å². The Hall–Kier alpha value is -1.71. The zero-order valence-corrected chi connectivity index (χ0v) is 10.5. The second kappa shape index (κ2) is 6.13. The van der Waals surface area contributed by atoms with Gasteiger partial charge in [-0.3, -0.25) is 0 Å². The molecule has 0 fully saturated rings. The van der Waals surface area contributed by atoms with Crippen LogP contribution in [0.15, 0.2) is 18.2 Å². The fourth-order valence-corrected chi connectivity index (χ4v) is 1.34. The lowest BCUT2D eigenvalue weighted by Gasteiger charge is -2.12. The van der Waals surface area contributed by atoms with Crippen LogP contribution in [0.2, 0.25) is 0 Å². The predicted octanol–water partition coefficient (Wildman–Crippen LogP) is 2.48. The number of anilines is 1. The van der Waals surface area contributed by atoms with Gasteiger partial charge in [-0.25, -0.2) is 4.79 Å². The summed E-state index contributed by atoms with van der Waals surface area (Å²) in [5, 5.41) is 0. The Morgan fingerprint density at radius 1 is 1.41 bits per heavy atom. The van der Waals surface area contributed by atoms with E-state index in [-0.39, 0.29) is 0 Å². The summed E-state index contributed by atoms with van der Waals surface area (Å²) >= 11 is 0. The van der Waals surface area contributed by atoms with Gasteiger partial charge in [0.1, 0.15) is 11.3 Å². The van der Waals surface area contributed by atoms with Gasteiger partial charge in [0.15, 0.2) is 0 Å². The molecule has 17 heavy (non-hydrogen) atoms. The summed E-state index contributed by atoms with van der Waals surface area (Å²) < 4.78 is 10.3. The van der Waals surface area contributed by atoms with Gasteiger partial charge in [-0.15, -0.1) is 0 Å². The molecule has 94 valence electrons. The predicted molar refractivity (Wildman–Crippen MR) is 67.1 cm³/mol. The van der Waals surface area contributed by atoms with Gasteiger partial charge in [0, 0.05) is 11.8 Å². The minimum atomic E-state index is -0.412. The van der Waals surface area contributed by atoms with E-state index in [0.29, 0.717) is 29.5 Å². The number of hydrogen-bond donors (Lipinski definition) is 1. The Labute approximate surface area is 102 Å². The zero-order chi connectivity index (χ0) is 12.8. The third-order valence-corrected chi connectivity index (χ3v) is 2.36. The number of methoxy groups -OCH3 is 1. The first-order valence-electron chi connectivity index (χ1n) is 5.65. The largest absolute Gasteiger partial charge is 0.493 e. The van der Waals surface area contributed by atoms with Crippen molar-refractivity contribution in [2.75, 3.05) is 19.5 Å². The first kappa shape index (κ1) is 13.4. The summed E-state index contributed by atoms with van der Waals surface area (Å²) in [7, 11) is 1.34. The summed E-state index contributed by atoms with van der Waals surface area (Å²) in [6.45, 7) is 4.79. The Bertz CT molecular complexity index is 388. The summed E-state index contributed by atoms with van der Waals surface area (Å²) in [6, 6.07) is 4.92. The van der Waals surface area contributed by atoms with E-state index in [1.165, 1.54) is 7.11 Å². The number of carbonyl (C=O) groups is 1. The van der Waals surface area contributed by atoms with Crippen molar-refractivity contribution in [3.63, 3.8) is 0 Å². The van der Waals surface area contributed by atoms with Crippen LogP contribution in [0.4, 0.5) is 5.69 Å². The van der Waals surface area contributed by atoms with Gasteiger partial charge < -0.3 is 15.2 Å². The average molecular weight is 237 g/mol. The number of benzene rings is 1. The molecule has 0 atom stereocenters. The Balaban J connectivity index is 2.80. The van der Waals surface area contributed by atoms with Gasteiger partial charge in [0.2, 0.25) is 0 Å². The molecule has 0 spiro atoms. The molecule has 2 N–H and O–H groups in total. The van der Waals surface area contributed by atoms with Gasteiger partial charge >= 0.3 is 5.97 Å². The maximum Gasteiger partial charge on any atom is 0.341 e. The first-order valence-corrected chi connectivity index (χ1v) is 5.65. The first-order chi connectivity index (χ1) is 8.04. The molecule has 0 saturated carbocycles. The van der Waals surface area contributed by atoms with Crippen LogP contribution in [-0.2, 0) is 4.74 Å². The number of nitrogens with two attached hydrogens (primary N) is 1. The Kier molecular flexibility index (Phi) is 4.82. The van der Waals surface area contributed by atoms with E-state index >= 15 is 0 Å². The molecule has 0 unspecified atom stereocenters. The number of nitrogen functional groups attached to an aromatic ring is 1. The lowest BCUT2D eigenvalue weighted by atomic mass is 10.1. The van der Waals surface area contributed by atoms with Crippen LogP contribution in [0.25, 0.3) is 0 Å². The normalized spacial score (nSPS) is 10.4. The SMILES string of the molecule is COC(=O)c1ccc(N)cc1OCCC(C)C. The molecule has 0 aromatic heterocycles. The van der Waals surface area contributed by atoms with Crippen molar-refractivity contribution < 1.29 is 14.3 Å². The number of carbonyl (C=O) groups excluding carboxylic acids is 1. The third kappa shape index (κ3) is 3.98. The van der Waals surface area contributed by atoms with Crippen LogP contribution in [-0.4, -0.2) is 19.7 Å². The number of ether oxygens (including phenoxy) is 2. The highest BCUT2D eigenvalue weighted by atomic mass is 16.5. The van der Waals surface area contributed by atoms with Crippen LogP contribution in [0, 0.1) is 5.92 Å². The van der Waals surface area contributed by atoms with E-state index in [4.69, 9.17) is 10.5 Å². The standard InChI is InChI=1S/C13H19NO3/c1-9(2)6-7-17-12-8-10(14)4-5-11(12)13(15)16-3/h4-5,8-9H,6-7,14H2,1-3H3. The van der Waals surface area contributed by atoms with Crippen molar-refractivity contribution in [1.29, 1.82) is 0 Å². The maximum absolute atomic E-state index is 11.5. The quantitative estimate of drug-likeness (QED) is 0.631. The van der Waals surface area contributed by atoms with Crippen molar-refractivity contribution in [2.24, 2.45) is 5.92 Å². The molecule has 0 aliphatic rings. The fourth-order valence-electron chi connectivity index (χ4n) is 1.34.